The number of carbonyl (C=O) groups is 2. The quantitative estimate of drug-likeness (QED) is 0.524. The van der Waals surface area contributed by atoms with Gasteiger partial charge in [0, 0.05) is 37.2 Å². The van der Waals surface area contributed by atoms with Gasteiger partial charge in [0.05, 0.1) is 23.5 Å². The van der Waals surface area contributed by atoms with Crippen LogP contribution in [0.4, 0.5) is 5.69 Å². The Morgan fingerprint density at radius 3 is 2.03 bits per heavy atom. The highest BCUT2D eigenvalue weighted by Gasteiger charge is 2.44. The van der Waals surface area contributed by atoms with Crippen LogP contribution in [0.2, 0.25) is 0 Å². The lowest BCUT2D eigenvalue weighted by Gasteiger charge is -2.43. The smallest absolute Gasteiger partial charge is 0.253 e. The van der Waals surface area contributed by atoms with Gasteiger partial charge in [-0.25, -0.2) is 0 Å². The van der Waals surface area contributed by atoms with Crippen LogP contribution in [0.25, 0.3) is 0 Å². The molecule has 4 aliphatic rings. The van der Waals surface area contributed by atoms with Crippen molar-refractivity contribution in [2.24, 2.45) is 5.73 Å². The number of fused-ring (bicyclic) bond motifs is 2. The van der Waals surface area contributed by atoms with E-state index in [0.29, 0.717) is 31.7 Å². The molecule has 210 valence electrons. The normalized spacial score (nSPS) is 24.8. The van der Waals surface area contributed by atoms with Crippen LogP contribution in [0.5, 0.6) is 0 Å². The van der Waals surface area contributed by atoms with E-state index in [1.54, 1.807) is 0 Å². The second kappa shape index (κ2) is 11.0. The van der Waals surface area contributed by atoms with Gasteiger partial charge in [0.2, 0.25) is 5.91 Å². The first-order valence-corrected chi connectivity index (χ1v) is 15.3. The van der Waals surface area contributed by atoms with Crippen LogP contribution >= 0.6 is 0 Å². The van der Waals surface area contributed by atoms with Crippen molar-refractivity contribution in [2.75, 3.05) is 31.5 Å². The molecular formula is C32H44N4O3. The molecule has 2 aliphatic carbocycles. The molecule has 0 bridgehead atoms. The van der Waals surface area contributed by atoms with Gasteiger partial charge in [-0.15, -0.1) is 0 Å². The highest BCUT2D eigenvalue weighted by Crippen LogP contribution is 2.51. The number of piperazine rings is 1. The minimum absolute atomic E-state index is 0.0392. The largest absolute Gasteiger partial charge is 0.467 e. The number of nitrogens with one attached hydrogen (secondary N) is 1. The highest BCUT2D eigenvalue weighted by atomic mass is 16.3. The standard InChI is InChI=1S/C32H44N4O3/c33-32(16-8-17-32)30(38)36-20-18-35(19-21-36)29(37)25-11-9-24(10-12-25)27-23-31(28-26(34-27)13-22-39-28)14-6-4-2-1-3-5-7-15-31/h9-13,22,27,34H,1-8,14-21,23,33H2. The average molecular weight is 533 g/mol. The summed E-state index contributed by atoms with van der Waals surface area (Å²) >= 11 is 0. The van der Waals surface area contributed by atoms with E-state index in [1.165, 1.54) is 63.4 Å². The van der Waals surface area contributed by atoms with Crippen LogP contribution < -0.4 is 11.1 Å². The van der Waals surface area contributed by atoms with Crippen LogP contribution in [0.3, 0.4) is 0 Å². The van der Waals surface area contributed by atoms with E-state index >= 15 is 0 Å². The summed E-state index contributed by atoms with van der Waals surface area (Å²) in [6, 6.07) is 10.5. The molecular weight excluding hydrogens is 488 g/mol. The molecule has 1 atom stereocenters. The van der Waals surface area contributed by atoms with Crippen molar-refractivity contribution in [3.05, 3.63) is 53.5 Å². The second-order valence-electron chi connectivity index (χ2n) is 12.5. The fourth-order valence-electron chi connectivity index (χ4n) is 7.36. The summed E-state index contributed by atoms with van der Waals surface area (Å²) in [5, 5.41) is 3.74. The minimum atomic E-state index is -0.667. The van der Waals surface area contributed by atoms with Crippen LogP contribution in [0, 0.1) is 0 Å². The van der Waals surface area contributed by atoms with E-state index in [-0.39, 0.29) is 23.3 Å². The van der Waals surface area contributed by atoms with Crippen molar-refractivity contribution < 1.29 is 14.0 Å². The Morgan fingerprint density at radius 2 is 1.41 bits per heavy atom. The lowest BCUT2D eigenvalue weighted by molar-refractivity contribution is -0.141. The number of rotatable bonds is 3. The predicted molar refractivity (Wildman–Crippen MR) is 153 cm³/mol. The van der Waals surface area contributed by atoms with Crippen LogP contribution in [-0.2, 0) is 10.2 Å². The topological polar surface area (TPSA) is 91.8 Å². The summed E-state index contributed by atoms with van der Waals surface area (Å²) < 4.78 is 6.13. The number of nitrogens with zero attached hydrogens (tertiary/aromatic N) is 2. The first-order valence-electron chi connectivity index (χ1n) is 15.3. The first kappa shape index (κ1) is 26.4. The third-order valence-electron chi connectivity index (χ3n) is 9.97. The van der Waals surface area contributed by atoms with Gasteiger partial charge < -0.3 is 25.3 Å². The number of furan rings is 1. The molecule has 2 amide bonds. The van der Waals surface area contributed by atoms with Gasteiger partial charge in [0.25, 0.3) is 5.91 Å². The number of hydrogen-bond donors (Lipinski definition) is 2. The Hall–Kier alpha value is -2.80. The van der Waals surface area contributed by atoms with E-state index in [2.05, 4.69) is 23.5 Å². The van der Waals surface area contributed by atoms with Crippen molar-refractivity contribution in [3.63, 3.8) is 0 Å². The maximum atomic E-state index is 13.3. The third kappa shape index (κ3) is 5.22. The molecule has 1 spiro atoms. The molecule has 1 aromatic heterocycles. The average Bonchev–Trinajstić information content (AvgIpc) is 3.44. The predicted octanol–water partition coefficient (Wildman–Crippen LogP) is 5.76. The number of benzene rings is 1. The maximum Gasteiger partial charge on any atom is 0.253 e. The second-order valence-corrected chi connectivity index (χ2v) is 12.5. The molecule has 7 nitrogen and oxygen atoms in total. The molecule has 1 unspecified atom stereocenters. The van der Waals surface area contributed by atoms with Crippen LogP contribution in [-0.4, -0.2) is 53.3 Å². The van der Waals surface area contributed by atoms with E-state index in [4.69, 9.17) is 10.2 Å². The van der Waals surface area contributed by atoms with Crippen molar-refractivity contribution in [3.8, 4) is 0 Å². The molecule has 1 saturated heterocycles. The van der Waals surface area contributed by atoms with Gasteiger partial charge in [-0.1, -0.05) is 57.1 Å². The van der Waals surface area contributed by atoms with Crippen LogP contribution in [0.15, 0.2) is 41.0 Å². The van der Waals surface area contributed by atoms with Gasteiger partial charge in [-0.05, 0) is 62.3 Å². The number of amides is 2. The zero-order chi connectivity index (χ0) is 26.9. The molecule has 1 aromatic carbocycles. The summed E-state index contributed by atoms with van der Waals surface area (Å²) in [6.07, 6.45) is 17.0. The molecule has 6 rings (SSSR count). The van der Waals surface area contributed by atoms with Crippen molar-refractivity contribution in [1.82, 2.24) is 9.80 Å². The summed E-state index contributed by atoms with van der Waals surface area (Å²) in [5.41, 5.74) is 8.73. The summed E-state index contributed by atoms with van der Waals surface area (Å²) in [7, 11) is 0. The fraction of sp³-hybridized carbons (Fsp3) is 0.625. The lowest BCUT2D eigenvalue weighted by atomic mass is 9.68. The fourth-order valence-corrected chi connectivity index (χ4v) is 7.36. The summed E-state index contributed by atoms with van der Waals surface area (Å²) in [5.74, 6) is 1.25. The van der Waals surface area contributed by atoms with Gasteiger partial charge in [0.1, 0.15) is 5.76 Å². The molecule has 3 fully saturated rings. The number of carbonyl (C=O) groups excluding carboxylic acids is 2. The number of hydrogen-bond acceptors (Lipinski definition) is 5. The Morgan fingerprint density at radius 1 is 0.795 bits per heavy atom. The number of anilines is 1. The van der Waals surface area contributed by atoms with E-state index in [9.17, 15) is 9.59 Å². The van der Waals surface area contributed by atoms with Crippen molar-refractivity contribution >= 4 is 17.5 Å². The Labute approximate surface area is 232 Å². The van der Waals surface area contributed by atoms with E-state index in [1.807, 2.05) is 28.2 Å². The maximum absolute atomic E-state index is 13.3. The summed E-state index contributed by atoms with van der Waals surface area (Å²) in [6.45, 7) is 2.22. The zero-order valence-electron chi connectivity index (χ0n) is 23.3. The first-order chi connectivity index (χ1) is 19.0. The van der Waals surface area contributed by atoms with Gasteiger partial charge in [-0.3, -0.25) is 9.59 Å². The van der Waals surface area contributed by atoms with Crippen molar-refractivity contribution in [2.45, 2.75) is 100 Å². The molecule has 3 N–H and O–H groups in total. The van der Waals surface area contributed by atoms with Crippen LogP contribution in [0.1, 0.15) is 111 Å². The highest BCUT2D eigenvalue weighted by molar-refractivity contribution is 5.94. The third-order valence-corrected chi connectivity index (χ3v) is 9.97. The van der Waals surface area contributed by atoms with E-state index in [0.717, 1.165) is 37.1 Å². The SMILES string of the molecule is NC1(C(=O)N2CCN(C(=O)c3ccc(C4CC5(CCCCCCCCC5)c5occc5N4)cc3)CC2)CCC1. The van der Waals surface area contributed by atoms with Gasteiger partial charge in [0.15, 0.2) is 0 Å². The monoisotopic (exact) mass is 532 g/mol. The lowest BCUT2D eigenvalue weighted by Crippen LogP contribution is -2.62. The summed E-state index contributed by atoms with van der Waals surface area (Å²) in [4.78, 5) is 29.8. The Balaban J connectivity index is 1.12. The molecule has 39 heavy (non-hydrogen) atoms. The Bertz CT molecular complexity index is 1150. The minimum Gasteiger partial charge on any atom is -0.467 e. The van der Waals surface area contributed by atoms with Gasteiger partial charge in [-0.2, -0.15) is 0 Å². The molecule has 0 radical (unpaired) electrons. The molecule has 2 aromatic rings. The molecule has 3 heterocycles. The zero-order valence-corrected chi connectivity index (χ0v) is 23.3. The molecule has 2 saturated carbocycles. The van der Waals surface area contributed by atoms with Gasteiger partial charge >= 0.3 is 0 Å². The van der Waals surface area contributed by atoms with E-state index < -0.39 is 5.54 Å². The Kier molecular flexibility index (Phi) is 7.45. The number of nitrogens with two attached hydrogens (primary N) is 1. The molecule has 2 aliphatic heterocycles. The van der Waals surface area contributed by atoms with Crippen molar-refractivity contribution in [1.29, 1.82) is 0 Å². The molecule has 7 heteroatoms.